The van der Waals surface area contributed by atoms with Crippen molar-refractivity contribution in [3.8, 4) is 6.07 Å². The van der Waals surface area contributed by atoms with Gasteiger partial charge >= 0.3 is 29.6 Å². The summed E-state index contributed by atoms with van der Waals surface area (Å²) < 4.78 is 33.3. The summed E-state index contributed by atoms with van der Waals surface area (Å²) in [4.78, 5) is -0.285. The molecule has 0 amide bonds. The normalized spacial score (nSPS) is 11.8. The topological polar surface area (TPSA) is 129 Å². The third-order valence-electron chi connectivity index (χ3n) is 4.99. The van der Waals surface area contributed by atoms with Crippen molar-refractivity contribution < 1.29 is 13.0 Å². The Kier molecular flexibility index (Phi) is 7.99. The summed E-state index contributed by atoms with van der Waals surface area (Å²) in [6.07, 6.45) is 1.77. The Morgan fingerprint density at radius 1 is 0.912 bits per heavy atom. The monoisotopic (exact) mass is 478 g/mol. The van der Waals surface area contributed by atoms with E-state index in [0.717, 1.165) is 11.1 Å². The molecule has 0 aliphatic rings. The molecule has 0 aliphatic heterocycles. The number of nitrogens with zero attached hydrogens (tertiary/aromatic N) is 3. The molecule has 0 atom stereocenters. The summed E-state index contributed by atoms with van der Waals surface area (Å²) in [7, 11) is -4.48. The molecular formula is C25H19N4NaO3S. The second-order valence-electron chi connectivity index (χ2n) is 7.16. The maximum atomic E-state index is 11.9. The quantitative estimate of drug-likeness (QED) is 0.0977. The Hall–Kier alpha value is -3.32. The molecule has 0 heterocycles. The number of nitrogens with two attached hydrogens (primary N) is 1. The number of benzene rings is 4. The molecule has 0 saturated carbocycles. The first-order valence-electron chi connectivity index (χ1n) is 9.84. The standard InChI is InChI=1S/C25H18N4O3S.Na.H/c26-16-19(18-6-2-1-3-7-18)14-17-10-12-20(13-11-17)28-29-23-15-24(33(30,31)32)21-8-4-5-9-22(21)25(23)27;;/h1-15H,27H2,(H,30,31,32);;. The predicted molar refractivity (Wildman–Crippen MR) is 136 cm³/mol. The molecule has 0 spiro atoms. The molecule has 3 N–H and O–H groups in total. The number of allylic oxidation sites excluding steroid dienone is 1. The van der Waals surface area contributed by atoms with Gasteiger partial charge in [-0.3, -0.25) is 4.55 Å². The first-order chi connectivity index (χ1) is 15.9. The summed E-state index contributed by atoms with van der Waals surface area (Å²) in [5, 5.41) is 18.5. The van der Waals surface area contributed by atoms with Crippen molar-refractivity contribution in [1.82, 2.24) is 0 Å². The van der Waals surface area contributed by atoms with Gasteiger partial charge in [-0.05, 0) is 35.4 Å². The third kappa shape index (κ3) is 5.59. The molecule has 0 fully saturated rings. The van der Waals surface area contributed by atoms with E-state index in [1.54, 1.807) is 54.6 Å². The van der Waals surface area contributed by atoms with E-state index in [1.165, 1.54) is 6.07 Å². The van der Waals surface area contributed by atoms with Gasteiger partial charge in [0, 0.05) is 10.8 Å². The minimum absolute atomic E-state index is 0. The molecule has 9 heteroatoms. The van der Waals surface area contributed by atoms with Crippen LogP contribution >= 0.6 is 0 Å². The van der Waals surface area contributed by atoms with Gasteiger partial charge in [-0.1, -0.05) is 66.7 Å². The molecule has 0 radical (unpaired) electrons. The van der Waals surface area contributed by atoms with Gasteiger partial charge < -0.3 is 5.73 Å². The molecule has 4 aromatic carbocycles. The van der Waals surface area contributed by atoms with Crippen molar-refractivity contribution in [2.24, 2.45) is 10.2 Å². The van der Waals surface area contributed by atoms with Crippen LogP contribution in [0.2, 0.25) is 0 Å². The van der Waals surface area contributed by atoms with E-state index in [1.807, 2.05) is 30.3 Å². The zero-order valence-electron chi connectivity index (χ0n) is 17.3. The van der Waals surface area contributed by atoms with E-state index >= 15 is 0 Å². The Bertz CT molecular complexity index is 1540. The number of fused-ring (bicyclic) bond motifs is 1. The second kappa shape index (κ2) is 10.7. The van der Waals surface area contributed by atoms with Crippen LogP contribution in [0.3, 0.4) is 0 Å². The Morgan fingerprint density at radius 3 is 2.15 bits per heavy atom. The van der Waals surface area contributed by atoms with E-state index in [9.17, 15) is 18.2 Å². The van der Waals surface area contributed by atoms with E-state index in [4.69, 9.17) is 5.73 Å². The fourth-order valence-corrected chi connectivity index (χ4v) is 4.08. The maximum absolute atomic E-state index is 11.9. The molecular weight excluding hydrogens is 459 g/mol. The molecule has 0 aliphatic carbocycles. The van der Waals surface area contributed by atoms with Gasteiger partial charge in [0.25, 0.3) is 10.1 Å². The number of rotatable bonds is 5. The van der Waals surface area contributed by atoms with E-state index < -0.39 is 10.1 Å². The fourth-order valence-electron chi connectivity index (χ4n) is 3.36. The van der Waals surface area contributed by atoms with Crippen LogP contribution in [-0.2, 0) is 10.1 Å². The summed E-state index contributed by atoms with van der Waals surface area (Å²) in [6.45, 7) is 0. The molecule has 34 heavy (non-hydrogen) atoms. The molecule has 7 nitrogen and oxygen atoms in total. The van der Waals surface area contributed by atoms with Gasteiger partial charge in [0.05, 0.1) is 23.0 Å². The fraction of sp³-hybridized carbons (Fsp3) is 0. The molecule has 4 aromatic rings. The number of anilines is 1. The Morgan fingerprint density at radius 2 is 1.53 bits per heavy atom. The van der Waals surface area contributed by atoms with Gasteiger partial charge in [0.1, 0.15) is 10.6 Å². The van der Waals surface area contributed by atoms with E-state index in [0.29, 0.717) is 22.0 Å². The average Bonchev–Trinajstić information content (AvgIpc) is 2.83. The molecule has 0 aromatic heterocycles. The van der Waals surface area contributed by atoms with Crippen LogP contribution < -0.4 is 5.73 Å². The SMILES string of the molecule is N#CC(=Cc1ccc(N=Nc2cc(S(=O)(=O)O)c3ccccc3c2N)cc1)c1ccccc1.[NaH]. The second-order valence-corrected chi connectivity index (χ2v) is 8.55. The van der Waals surface area contributed by atoms with Gasteiger partial charge in [-0.25, -0.2) is 0 Å². The van der Waals surface area contributed by atoms with Crippen molar-refractivity contribution in [2.45, 2.75) is 4.90 Å². The summed E-state index contributed by atoms with van der Waals surface area (Å²) >= 11 is 0. The van der Waals surface area contributed by atoms with Crippen LogP contribution in [0, 0.1) is 11.3 Å². The predicted octanol–water partition coefficient (Wildman–Crippen LogP) is 5.50. The molecule has 0 unspecified atom stereocenters. The zero-order valence-corrected chi connectivity index (χ0v) is 18.1. The van der Waals surface area contributed by atoms with Crippen LogP contribution in [0.25, 0.3) is 22.4 Å². The van der Waals surface area contributed by atoms with Crippen molar-refractivity contribution in [1.29, 1.82) is 5.26 Å². The van der Waals surface area contributed by atoms with Gasteiger partial charge in [0.2, 0.25) is 0 Å². The van der Waals surface area contributed by atoms with E-state index in [2.05, 4.69) is 16.3 Å². The first-order valence-corrected chi connectivity index (χ1v) is 11.3. The molecule has 0 saturated heterocycles. The van der Waals surface area contributed by atoms with Crippen molar-refractivity contribution in [3.05, 3.63) is 96.1 Å². The first kappa shape index (κ1) is 25.3. The van der Waals surface area contributed by atoms with Crippen molar-refractivity contribution in [3.63, 3.8) is 0 Å². The molecule has 0 bridgehead atoms. The van der Waals surface area contributed by atoms with Crippen LogP contribution in [-0.4, -0.2) is 42.5 Å². The zero-order chi connectivity index (χ0) is 23.4. The third-order valence-corrected chi connectivity index (χ3v) is 5.88. The van der Waals surface area contributed by atoms with Crippen molar-refractivity contribution >= 4 is 79.2 Å². The van der Waals surface area contributed by atoms with Crippen LogP contribution in [0.15, 0.2) is 100 Å². The number of nitriles is 1. The van der Waals surface area contributed by atoms with Gasteiger partial charge in [0.15, 0.2) is 0 Å². The van der Waals surface area contributed by atoms with E-state index in [-0.39, 0.29) is 45.8 Å². The molecule has 164 valence electrons. The minimum atomic E-state index is -4.48. The van der Waals surface area contributed by atoms with Crippen molar-refractivity contribution in [2.75, 3.05) is 5.73 Å². The summed E-state index contributed by atoms with van der Waals surface area (Å²) in [5.74, 6) is 0. The number of nitrogen functional groups attached to an aromatic ring is 1. The number of azo groups is 1. The molecule has 4 rings (SSSR count). The van der Waals surface area contributed by atoms with Crippen LogP contribution in [0.5, 0.6) is 0 Å². The van der Waals surface area contributed by atoms with Crippen LogP contribution in [0.4, 0.5) is 17.1 Å². The number of hydrogen-bond acceptors (Lipinski definition) is 6. The van der Waals surface area contributed by atoms with Gasteiger partial charge in [-0.15, -0.1) is 5.11 Å². The summed E-state index contributed by atoms with van der Waals surface area (Å²) in [5.41, 5.74) is 9.23. The average molecular weight is 479 g/mol. The summed E-state index contributed by atoms with van der Waals surface area (Å²) in [6, 6.07) is 26.4. The van der Waals surface area contributed by atoms with Crippen LogP contribution in [0.1, 0.15) is 11.1 Å². The van der Waals surface area contributed by atoms with Gasteiger partial charge in [-0.2, -0.15) is 18.8 Å². The number of hydrogen-bond donors (Lipinski definition) is 2. The Balaban J connectivity index is 0.00000324. The Labute approximate surface area is 219 Å².